The first-order valence-electron chi connectivity index (χ1n) is 7.13. The van der Waals surface area contributed by atoms with E-state index < -0.39 is 11.4 Å². The van der Waals surface area contributed by atoms with Gasteiger partial charge in [0.05, 0.1) is 15.5 Å². The standard InChI is InChI=1S/C14H18Cl2N4O3/c1-14(12(21)22)2-5-20(8-14)13(23)18-4-3-17-11-10(16)6-9(15)7-19-11/h6-7H,2-5,8H2,1H3,(H,17,19)(H,18,23)(H,21,22). The van der Waals surface area contributed by atoms with Gasteiger partial charge in [-0.3, -0.25) is 4.79 Å². The molecule has 1 atom stereocenters. The number of anilines is 1. The average Bonchev–Trinajstić information content (AvgIpc) is 2.89. The number of likely N-dealkylation sites (tertiary alicyclic amines) is 1. The summed E-state index contributed by atoms with van der Waals surface area (Å²) >= 11 is 11.7. The summed E-state index contributed by atoms with van der Waals surface area (Å²) < 4.78 is 0. The lowest BCUT2D eigenvalue weighted by Gasteiger charge is -2.20. The van der Waals surface area contributed by atoms with Gasteiger partial charge >= 0.3 is 12.0 Å². The Morgan fingerprint density at radius 2 is 2.17 bits per heavy atom. The van der Waals surface area contributed by atoms with Crippen molar-refractivity contribution in [2.24, 2.45) is 5.41 Å². The van der Waals surface area contributed by atoms with Crippen LogP contribution in [0.4, 0.5) is 10.6 Å². The fourth-order valence-corrected chi connectivity index (χ4v) is 2.76. The number of pyridine rings is 1. The fourth-order valence-electron chi connectivity index (χ4n) is 2.32. The number of amides is 2. The topological polar surface area (TPSA) is 94.6 Å². The van der Waals surface area contributed by atoms with E-state index in [4.69, 9.17) is 28.3 Å². The summed E-state index contributed by atoms with van der Waals surface area (Å²) in [5.41, 5.74) is -0.865. The van der Waals surface area contributed by atoms with Gasteiger partial charge < -0.3 is 20.6 Å². The van der Waals surface area contributed by atoms with Gasteiger partial charge in [0.2, 0.25) is 0 Å². The van der Waals surface area contributed by atoms with Crippen molar-refractivity contribution in [2.45, 2.75) is 13.3 Å². The average molecular weight is 361 g/mol. The molecule has 1 fully saturated rings. The number of hydrogen-bond acceptors (Lipinski definition) is 4. The maximum absolute atomic E-state index is 12.0. The van der Waals surface area contributed by atoms with E-state index in [1.165, 1.54) is 11.1 Å². The molecule has 9 heteroatoms. The number of aliphatic carboxylic acids is 1. The molecule has 1 unspecified atom stereocenters. The highest BCUT2D eigenvalue weighted by atomic mass is 35.5. The van der Waals surface area contributed by atoms with Crippen LogP contribution in [0, 0.1) is 5.41 Å². The third-order valence-corrected chi connectivity index (χ3v) is 4.27. The SMILES string of the molecule is CC1(C(=O)O)CCN(C(=O)NCCNc2ncc(Cl)cc2Cl)C1. The third kappa shape index (κ3) is 4.39. The van der Waals surface area contributed by atoms with Crippen LogP contribution in [0.5, 0.6) is 0 Å². The van der Waals surface area contributed by atoms with Crippen molar-refractivity contribution in [2.75, 3.05) is 31.5 Å². The highest BCUT2D eigenvalue weighted by Gasteiger charge is 2.42. The molecular formula is C14H18Cl2N4O3. The number of nitrogens with zero attached hydrogens (tertiary/aromatic N) is 2. The van der Waals surface area contributed by atoms with E-state index in [0.29, 0.717) is 41.9 Å². The summed E-state index contributed by atoms with van der Waals surface area (Å²) in [7, 11) is 0. The van der Waals surface area contributed by atoms with Gasteiger partial charge in [-0.05, 0) is 19.4 Å². The first-order valence-corrected chi connectivity index (χ1v) is 7.88. The second-order valence-corrected chi connectivity index (χ2v) is 6.52. The number of nitrogens with one attached hydrogen (secondary N) is 2. The van der Waals surface area contributed by atoms with Crippen LogP contribution >= 0.6 is 23.2 Å². The highest BCUT2D eigenvalue weighted by molar-refractivity contribution is 6.35. The number of aromatic nitrogens is 1. The number of carbonyl (C=O) groups excluding carboxylic acids is 1. The molecular weight excluding hydrogens is 343 g/mol. The maximum Gasteiger partial charge on any atom is 0.317 e. The van der Waals surface area contributed by atoms with Gasteiger partial charge in [-0.15, -0.1) is 0 Å². The molecule has 1 aromatic heterocycles. The van der Waals surface area contributed by atoms with Crippen LogP contribution in [0.1, 0.15) is 13.3 Å². The Morgan fingerprint density at radius 3 is 2.78 bits per heavy atom. The number of halogens is 2. The molecule has 2 heterocycles. The molecule has 0 radical (unpaired) electrons. The summed E-state index contributed by atoms with van der Waals surface area (Å²) in [5.74, 6) is -0.386. The van der Waals surface area contributed by atoms with Gasteiger partial charge in [0.25, 0.3) is 0 Å². The van der Waals surface area contributed by atoms with Crippen LogP contribution in [0.3, 0.4) is 0 Å². The van der Waals surface area contributed by atoms with Gasteiger partial charge in [0.1, 0.15) is 5.82 Å². The molecule has 7 nitrogen and oxygen atoms in total. The Balaban J connectivity index is 1.74. The lowest BCUT2D eigenvalue weighted by Crippen LogP contribution is -2.42. The molecule has 1 aliphatic heterocycles. The van der Waals surface area contributed by atoms with Crippen molar-refractivity contribution < 1.29 is 14.7 Å². The number of carboxylic acids is 1. The predicted octanol–water partition coefficient (Wildman–Crippen LogP) is 2.31. The lowest BCUT2D eigenvalue weighted by molar-refractivity contribution is -0.146. The molecule has 1 aromatic rings. The summed E-state index contributed by atoms with van der Waals surface area (Å²) in [5, 5.41) is 15.7. The van der Waals surface area contributed by atoms with Gasteiger partial charge in [-0.1, -0.05) is 23.2 Å². The summed E-state index contributed by atoms with van der Waals surface area (Å²) in [6.45, 7) is 3.10. The molecule has 23 heavy (non-hydrogen) atoms. The zero-order valence-electron chi connectivity index (χ0n) is 12.6. The van der Waals surface area contributed by atoms with E-state index in [2.05, 4.69) is 15.6 Å². The van der Waals surface area contributed by atoms with Gasteiger partial charge in [-0.2, -0.15) is 0 Å². The summed E-state index contributed by atoms with van der Waals surface area (Å²) in [6.07, 6.45) is 1.93. The second kappa shape index (κ2) is 7.23. The highest BCUT2D eigenvalue weighted by Crippen LogP contribution is 2.29. The normalized spacial score (nSPS) is 20.4. The first kappa shape index (κ1) is 17.6. The molecule has 0 aliphatic carbocycles. The second-order valence-electron chi connectivity index (χ2n) is 5.68. The number of urea groups is 1. The largest absolute Gasteiger partial charge is 0.481 e. The smallest absolute Gasteiger partial charge is 0.317 e. The molecule has 0 bridgehead atoms. The Kier molecular flexibility index (Phi) is 5.54. The van der Waals surface area contributed by atoms with Crippen molar-refractivity contribution in [3.05, 3.63) is 22.3 Å². The van der Waals surface area contributed by atoms with E-state index in [1.807, 2.05) is 0 Å². The monoisotopic (exact) mass is 360 g/mol. The van der Waals surface area contributed by atoms with Crippen LogP contribution < -0.4 is 10.6 Å². The first-order chi connectivity index (χ1) is 10.8. The molecule has 0 spiro atoms. The van der Waals surface area contributed by atoms with Crippen LogP contribution in [-0.2, 0) is 4.79 Å². The summed E-state index contributed by atoms with van der Waals surface area (Å²) in [6, 6.07) is 1.31. The van der Waals surface area contributed by atoms with E-state index in [0.717, 1.165) is 0 Å². The Morgan fingerprint density at radius 1 is 1.43 bits per heavy atom. The summed E-state index contributed by atoms with van der Waals surface area (Å²) in [4.78, 5) is 28.7. The Bertz CT molecular complexity index is 614. The number of carboxylic acid groups (broad SMARTS) is 1. The van der Waals surface area contributed by atoms with E-state index >= 15 is 0 Å². The quantitative estimate of drug-likeness (QED) is 0.700. The van der Waals surface area contributed by atoms with Crippen molar-refractivity contribution >= 4 is 41.0 Å². The van der Waals surface area contributed by atoms with Crippen LogP contribution in [0.25, 0.3) is 0 Å². The number of hydrogen-bond donors (Lipinski definition) is 3. The lowest BCUT2D eigenvalue weighted by atomic mass is 9.90. The van der Waals surface area contributed by atoms with Gasteiger partial charge in [0.15, 0.2) is 0 Å². The molecule has 2 amide bonds. The minimum absolute atomic E-state index is 0.214. The zero-order valence-corrected chi connectivity index (χ0v) is 14.1. The zero-order chi connectivity index (χ0) is 17.0. The Labute approximate surface area is 144 Å². The molecule has 1 aliphatic rings. The molecule has 126 valence electrons. The minimum atomic E-state index is -0.877. The van der Waals surface area contributed by atoms with Crippen molar-refractivity contribution in [3.63, 3.8) is 0 Å². The maximum atomic E-state index is 12.0. The Hall–Kier alpha value is -1.73. The molecule has 0 saturated carbocycles. The number of rotatable bonds is 5. The van der Waals surface area contributed by atoms with Crippen LogP contribution in [-0.4, -0.2) is 53.2 Å². The fraction of sp³-hybridized carbons (Fsp3) is 0.500. The van der Waals surface area contributed by atoms with Crippen LogP contribution in [0.2, 0.25) is 10.0 Å². The van der Waals surface area contributed by atoms with Crippen molar-refractivity contribution in [1.29, 1.82) is 0 Å². The molecule has 2 rings (SSSR count). The molecule has 0 aromatic carbocycles. The van der Waals surface area contributed by atoms with Gasteiger partial charge in [-0.25, -0.2) is 9.78 Å². The van der Waals surface area contributed by atoms with E-state index in [-0.39, 0.29) is 12.6 Å². The molecule has 1 saturated heterocycles. The van der Waals surface area contributed by atoms with E-state index in [1.54, 1.807) is 13.0 Å². The third-order valence-electron chi connectivity index (χ3n) is 3.78. The van der Waals surface area contributed by atoms with Crippen LogP contribution in [0.15, 0.2) is 12.3 Å². The minimum Gasteiger partial charge on any atom is -0.481 e. The van der Waals surface area contributed by atoms with Crippen molar-refractivity contribution in [3.8, 4) is 0 Å². The van der Waals surface area contributed by atoms with E-state index in [9.17, 15) is 9.59 Å². The number of carbonyl (C=O) groups is 2. The predicted molar refractivity (Wildman–Crippen MR) is 88.1 cm³/mol. The van der Waals surface area contributed by atoms with Crippen molar-refractivity contribution in [1.82, 2.24) is 15.2 Å². The van der Waals surface area contributed by atoms with Gasteiger partial charge in [0, 0.05) is 32.4 Å². The molecule has 3 N–H and O–H groups in total.